The Morgan fingerprint density at radius 2 is 1.93 bits per heavy atom. The van der Waals surface area contributed by atoms with Gasteiger partial charge in [0.25, 0.3) is 0 Å². The van der Waals surface area contributed by atoms with Gasteiger partial charge >= 0.3 is 0 Å². The van der Waals surface area contributed by atoms with Gasteiger partial charge in [-0.1, -0.05) is 6.07 Å². The fraction of sp³-hybridized carbons (Fsp3) is 0.455. The maximum atomic E-state index is 12.3. The summed E-state index contributed by atoms with van der Waals surface area (Å²) in [7, 11) is 1.61. The molecule has 28 heavy (non-hydrogen) atoms. The van der Waals surface area contributed by atoms with E-state index in [-0.39, 0.29) is 11.9 Å². The van der Waals surface area contributed by atoms with Crippen LogP contribution in [0.4, 0.5) is 0 Å². The van der Waals surface area contributed by atoms with Crippen molar-refractivity contribution in [3.05, 3.63) is 53.9 Å². The number of nitrogens with zero attached hydrogens (tertiary/aromatic N) is 1. The predicted octanol–water partition coefficient (Wildman–Crippen LogP) is 3.66. The number of benzene rings is 1. The normalized spacial score (nSPS) is 15.5. The molecule has 3 rings (SSSR count). The van der Waals surface area contributed by atoms with Crippen LogP contribution in [0.1, 0.15) is 43.9 Å². The van der Waals surface area contributed by atoms with Gasteiger partial charge in [0.1, 0.15) is 12.7 Å². The van der Waals surface area contributed by atoms with Crippen molar-refractivity contribution in [2.75, 3.05) is 13.7 Å². The van der Waals surface area contributed by atoms with E-state index in [1.165, 1.54) is 12.8 Å². The minimum atomic E-state index is -0.451. The molecule has 0 saturated heterocycles. The number of hydrogen-bond acceptors (Lipinski definition) is 5. The van der Waals surface area contributed by atoms with Gasteiger partial charge in [0.05, 0.1) is 19.8 Å². The molecule has 1 aromatic carbocycles. The Hall–Kier alpha value is -2.60. The minimum Gasteiger partial charge on any atom is -0.493 e. The summed E-state index contributed by atoms with van der Waals surface area (Å²) in [4.78, 5) is 16.3. The Kier molecular flexibility index (Phi) is 6.87. The average Bonchev–Trinajstić information content (AvgIpc) is 3.55. The highest BCUT2D eigenvalue weighted by Crippen LogP contribution is 2.31. The first-order chi connectivity index (χ1) is 13.6. The van der Waals surface area contributed by atoms with Crippen molar-refractivity contribution in [3.8, 4) is 11.5 Å². The van der Waals surface area contributed by atoms with Crippen LogP contribution in [0.15, 0.2) is 42.7 Å². The maximum Gasteiger partial charge on any atom is 0.249 e. The van der Waals surface area contributed by atoms with Crippen LogP contribution in [0.25, 0.3) is 0 Å². The second-order valence-corrected chi connectivity index (χ2v) is 7.20. The third-order valence-electron chi connectivity index (χ3n) is 4.84. The molecule has 0 bridgehead atoms. The second-order valence-electron chi connectivity index (χ2n) is 7.20. The maximum absolute atomic E-state index is 12.3. The number of amides is 1. The summed E-state index contributed by atoms with van der Waals surface area (Å²) in [6, 6.07) is 9.34. The van der Waals surface area contributed by atoms with E-state index in [1.807, 2.05) is 37.3 Å². The molecular weight excluding hydrogens is 356 g/mol. The lowest BCUT2D eigenvalue weighted by molar-refractivity contribution is -0.132. The number of aromatic nitrogens is 1. The van der Waals surface area contributed by atoms with Crippen LogP contribution in [0.5, 0.6) is 11.5 Å². The van der Waals surface area contributed by atoms with Gasteiger partial charge in [0.2, 0.25) is 5.91 Å². The van der Waals surface area contributed by atoms with E-state index in [2.05, 4.69) is 10.3 Å². The van der Waals surface area contributed by atoms with Crippen LogP contribution in [0.3, 0.4) is 0 Å². The lowest BCUT2D eigenvalue weighted by atomic mass is 10.1. The molecule has 1 fully saturated rings. The van der Waals surface area contributed by atoms with Crippen molar-refractivity contribution in [1.82, 2.24) is 10.3 Å². The quantitative estimate of drug-likeness (QED) is 0.677. The first kappa shape index (κ1) is 20.1. The minimum absolute atomic E-state index is 0.106. The average molecular weight is 384 g/mol. The van der Waals surface area contributed by atoms with Crippen molar-refractivity contribution in [1.29, 1.82) is 0 Å². The van der Waals surface area contributed by atoms with Gasteiger partial charge in [-0.15, -0.1) is 0 Å². The molecule has 150 valence electrons. The van der Waals surface area contributed by atoms with E-state index in [1.54, 1.807) is 26.4 Å². The Bertz CT molecular complexity index is 777. The topological polar surface area (TPSA) is 69.7 Å². The van der Waals surface area contributed by atoms with E-state index in [0.717, 1.165) is 11.1 Å². The fourth-order valence-corrected chi connectivity index (χ4v) is 2.77. The number of ether oxygens (including phenoxy) is 3. The smallest absolute Gasteiger partial charge is 0.249 e. The Balaban J connectivity index is 1.57. The van der Waals surface area contributed by atoms with Crippen LogP contribution in [0, 0.1) is 5.92 Å². The molecule has 0 aliphatic heterocycles. The Labute approximate surface area is 166 Å². The van der Waals surface area contributed by atoms with Crippen LogP contribution >= 0.6 is 0 Å². The molecule has 1 N–H and O–H groups in total. The Morgan fingerprint density at radius 3 is 2.61 bits per heavy atom. The van der Waals surface area contributed by atoms with Crippen LogP contribution in [0.2, 0.25) is 0 Å². The van der Waals surface area contributed by atoms with Gasteiger partial charge in [-0.3, -0.25) is 9.78 Å². The number of nitrogens with one attached hydrogen (secondary N) is 1. The molecule has 1 amide bonds. The van der Waals surface area contributed by atoms with Crippen molar-refractivity contribution in [2.45, 2.75) is 45.4 Å². The lowest BCUT2D eigenvalue weighted by Crippen LogP contribution is -2.36. The molecule has 1 aliphatic rings. The second kappa shape index (κ2) is 9.55. The predicted molar refractivity (Wildman–Crippen MR) is 106 cm³/mol. The van der Waals surface area contributed by atoms with E-state index in [4.69, 9.17) is 14.2 Å². The van der Waals surface area contributed by atoms with E-state index < -0.39 is 6.10 Å². The number of hydrogen-bond donors (Lipinski definition) is 1. The molecule has 1 aliphatic carbocycles. The summed E-state index contributed by atoms with van der Waals surface area (Å²) < 4.78 is 17.0. The lowest BCUT2D eigenvalue weighted by Gasteiger charge is -2.19. The third-order valence-corrected chi connectivity index (χ3v) is 4.84. The molecule has 2 atom stereocenters. The monoisotopic (exact) mass is 384 g/mol. The van der Waals surface area contributed by atoms with Gasteiger partial charge in [-0.2, -0.15) is 0 Å². The number of methoxy groups -OCH3 is 1. The zero-order valence-electron chi connectivity index (χ0n) is 16.7. The highest BCUT2D eigenvalue weighted by Gasteiger charge is 2.24. The van der Waals surface area contributed by atoms with Crippen molar-refractivity contribution < 1.29 is 19.0 Å². The fourth-order valence-electron chi connectivity index (χ4n) is 2.77. The number of pyridine rings is 1. The highest BCUT2D eigenvalue weighted by molar-refractivity contribution is 5.80. The van der Waals surface area contributed by atoms with Gasteiger partial charge in [-0.25, -0.2) is 0 Å². The molecule has 1 heterocycles. The molecule has 0 spiro atoms. The first-order valence-corrected chi connectivity index (χ1v) is 9.68. The van der Waals surface area contributed by atoms with Crippen LogP contribution < -0.4 is 14.8 Å². The summed E-state index contributed by atoms with van der Waals surface area (Å²) in [6.07, 6.45) is 5.44. The molecule has 1 saturated carbocycles. The van der Waals surface area contributed by atoms with Gasteiger partial charge in [0.15, 0.2) is 11.5 Å². The third kappa shape index (κ3) is 5.70. The first-order valence-electron chi connectivity index (χ1n) is 9.68. The number of carbonyl (C=O) groups excluding carboxylic acids is 1. The number of rotatable bonds is 10. The standard InChI is InChI=1S/C22H28N2O4/c1-15(24-22(25)16(2)27-13-17-4-5-17)19-6-7-20(21(12-19)26-3)28-14-18-8-10-23-11-9-18/h6-12,15-17H,4-5,13-14H2,1-3H3,(H,24,25). The molecule has 2 aromatic rings. The summed E-state index contributed by atoms with van der Waals surface area (Å²) in [5, 5.41) is 3.00. The zero-order chi connectivity index (χ0) is 19.9. The summed E-state index contributed by atoms with van der Waals surface area (Å²) >= 11 is 0. The van der Waals surface area contributed by atoms with Crippen molar-refractivity contribution in [2.24, 2.45) is 5.92 Å². The van der Waals surface area contributed by atoms with Gasteiger partial charge in [0, 0.05) is 12.4 Å². The summed E-state index contributed by atoms with van der Waals surface area (Å²) in [5.41, 5.74) is 1.97. The molecule has 1 aromatic heterocycles. The molecular formula is C22H28N2O4. The highest BCUT2D eigenvalue weighted by atomic mass is 16.5. The summed E-state index contributed by atoms with van der Waals surface area (Å²) in [6.45, 7) is 4.83. The van der Waals surface area contributed by atoms with Crippen LogP contribution in [-0.4, -0.2) is 30.7 Å². The molecule has 6 heteroatoms. The zero-order valence-corrected chi connectivity index (χ0v) is 16.7. The van der Waals surface area contributed by atoms with Gasteiger partial charge < -0.3 is 19.5 Å². The summed E-state index contributed by atoms with van der Waals surface area (Å²) in [5.74, 6) is 1.81. The van der Waals surface area contributed by atoms with Crippen molar-refractivity contribution in [3.63, 3.8) is 0 Å². The van der Waals surface area contributed by atoms with Crippen LogP contribution in [-0.2, 0) is 16.1 Å². The van der Waals surface area contributed by atoms with E-state index in [9.17, 15) is 4.79 Å². The van der Waals surface area contributed by atoms with Gasteiger partial charge in [-0.05, 0) is 68.0 Å². The molecule has 0 radical (unpaired) electrons. The van der Waals surface area contributed by atoms with Crippen molar-refractivity contribution >= 4 is 5.91 Å². The van der Waals surface area contributed by atoms with E-state index >= 15 is 0 Å². The largest absolute Gasteiger partial charge is 0.493 e. The number of carbonyl (C=O) groups is 1. The van der Waals surface area contributed by atoms with E-state index in [0.29, 0.717) is 30.6 Å². The Morgan fingerprint density at radius 1 is 1.18 bits per heavy atom. The molecule has 6 nitrogen and oxygen atoms in total. The SMILES string of the molecule is COc1cc(C(C)NC(=O)C(C)OCC2CC2)ccc1OCc1ccncc1. The molecule has 2 unspecified atom stereocenters.